The molecule has 3 fully saturated rings. The van der Waals surface area contributed by atoms with E-state index in [-0.39, 0.29) is 17.4 Å². The lowest BCUT2D eigenvalue weighted by Gasteiger charge is -2.40. The van der Waals surface area contributed by atoms with Crippen LogP contribution in [0.2, 0.25) is 0 Å². The molecule has 9 heteroatoms. The molecule has 1 aliphatic heterocycles. The minimum Gasteiger partial charge on any atom is -0.370 e. The number of hydrogen-bond donors (Lipinski definition) is 3. The second-order valence-electron chi connectivity index (χ2n) is 11.7. The van der Waals surface area contributed by atoms with Crippen molar-refractivity contribution >= 4 is 23.4 Å². The largest absolute Gasteiger partial charge is 0.370 e. The Kier molecular flexibility index (Phi) is 7.46. The van der Waals surface area contributed by atoms with Gasteiger partial charge in [0.05, 0.1) is 17.9 Å². The summed E-state index contributed by atoms with van der Waals surface area (Å²) in [5.41, 5.74) is 2.33. The van der Waals surface area contributed by atoms with Crippen molar-refractivity contribution in [3.05, 3.63) is 24.2 Å². The van der Waals surface area contributed by atoms with Gasteiger partial charge >= 0.3 is 0 Å². The molecule has 0 aromatic carbocycles. The third kappa shape index (κ3) is 6.17. The molecule has 2 saturated carbocycles. The molecule has 5 rings (SSSR count). The molecule has 1 saturated heterocycles. The number of rotatable bonds is 10. The Hall–Kier alpha value is -2.68. The number of aromatic nitrogens is 4. The number of amides is 1. The van der Waals surface area contributed by atoms with Crippen LogP contribution in [0.1, 0.15) is 89.7 Å². The number of nitrogens with zero attached hydrogens (tertiary/aromatic N) is 5. The summed E-state index contributed by atoms with van der Waals surface area (Å²) in [4.78, 5) is 24.0. The first kappa shape index (κ1) is 25.0. The molecular weight excluding hydrogens is 452 g/mol. The number of hydrogen-bond acceptors (Lipinski definition) is 7. The van der Waals surface area contributed by atoms with Crippen molar-refractivity contribution in [3.63, 3.8) is 0 Å². The molecule has 0 unspecified atom stereocenters. The van der Waals surface area contributed by atoms with E-state index in [0.717, 1.165) is 63.2 Å². The summed E-state index contributed by atoms with van der Waals surface area (Å²) in [7, 11) is 0. The van der Waals surface area contributed by atoms with Gasteiger partial charge in [-0.25, -0.2) is 4.98 Å². The molecule has 0 radical (unpaired) electrons. The Morgan fingerprint density at radius 1 is 1.06 bits per heavy atom. The summed E-state index contributed by atoms with van der Waals surface area (Å²) < 4.78 is 2.10. The van der Waals surface area contributed by atoms with Crippen molar-refractivity contribution in [2.75, 3.05) is 36.8 Å². The van der Waals surface area contributed by atoms with Gasteiger partial charge in [-0.3, -0.25) is 14.4 Å². The minimum absolute atomic E-state index is 0.216. The van der Waals surface area contributed by atoms with E-state index < -0.39 is 0 Å². The number of carbonyl (C=O) groups is 1. The van der Waals surface area contributed by atoms with Gasteiger partial charge in [-0.2, -0.15) is 10.1 Å². The number of piperidine rings is 1. The second-order valence-corrected chi connectivity index (χ2v) is 11.7. The summed E-state index contributed by atoms with van der Waals surface area (Å²) in [6, 6.07) is 0.430. The number of likely N-dealkylation sites (tertiary alicyclic amines) is 1. The van der Waals surface area contributed by atoms with Crippen molar-refractivity contribution in [1.82, 2.24) is 30.0 Å². The standard InChI is InChI=1S/C27H42N8O/c1-27(2,3)34-14-10-22(11-15-34)35-18-21(16-31-35)32-26-30-17-23(19-8-9-19)24(33-26)28-12-5-13-29-25(36)20-6-4-7-20/h16-20,22H,4-15H2,1-3H3,(H,29,36)(H2,28,30,32,33). The van der Waals surface area contributed by atoms with E-state index in [0.29, 0.717) is 24.5 Å². The van der Waals surface area contributed by atoms with Crippen LogP contribution in [-0.4, -0.2) is 62.3 Å². The third-order valence-corrected chi connectivity index (χ3v) is 7.90. The Bertz CT molecular complexity index is 1030. The lowest BCUT2D eigenvalue weighted by atomic mass is 9.85. The molecule has 2 aliphatic carbocycles. The van der Waals surface area contributed by atoms with Crippen molar-refractivity contribution < 1.29 is 4.79 Å². The predicted molar refractivity (Wildman–Crippen MR) is 143 cm³/mol. The highest BCUT2D eigenvalue weighted by molar-refractivity contribution is 5.79. The van der Waals surface area contributed by atoms with Gasteiger partial charge in [0.25, 0.3) is 0 Å². The smallest absolute Gasteiger partial charge is 0.229 e. The van der Waals surface area contributed by atoms with Crippen LogP contribution in [0.3, 0.4) is 0 Å². The molecular formula is C27H42N8O. The van der Waals surface area contributed by atoms with Gasteiger partial charge in [-0.05, 0) is 71.6 Å². The Morgan fingerprint density at radius 3 is 2.50 bits per heavy atom. The molecule has 9 nitrogen and oxygen atoms in total. The Labute approximate surface area is 214 Å². The van der Waals surface area contributed by atoms with Crippen molar-refractivity contribution in [1.29, 1.82) is 0 Å². The van der Waals surface area contributed by atoms with E-state index >= 15 is 0 Å². The summed E-state index contributed by atoms with van der Waals surface area (Å²) in [5, 5.41) is 14.6. The predicted octanol–water partition coefficient (Wildman–Crippen LogP) is 4.45. The summed E-state index contributed by atoms with van der Waals surface area (Å²) in [5.74, 6) is 2.51. The zero-order chi connectivity index (χ0) is 25.1. The van der Waals surface area contributed by atoms with Crippen LogP contribution in [0.25, 0.3) is 0 Å². The highest BCUT2D eigenvalue weighted by Gasteiger charge is 2.29. The molecule has 3 N–H and O–H groups in total. The molecule has 0 bridgehead atoms. The summed E-state index contributed by atoms with van der Waals surface area (Å²) in [6.07, 6.45) is 14.7. The van der Waals surface area contributed by atoms with E-state index in [1.807, 2.05) is 12.4 Å². The summed E-state index contributed by atoms with van der Waals surface area (Å²) in [6.45, 7) is 10.5. The zero-order valence-electron chi connectivity index (χ0n) is 22.1. The first-order valence-corrected chi connectivity index (χ1v) is 13.8. The molecule has 0 spiro atoms. The van der Waals surface area contributed by atoms with Crippen molar-refractivity contribution in [3.8, 4) is 0 Å². The number of nitrogens with one attached hydrogen (secondary N) is 3. The van der Waals surface area contributed by atoms with Crippen LogP contribution in [0.15, 0.2) is 18.6 Å². The van der Waals surface area contributed by atoms with Gasteiger partial charge in [0.1, 0.15) is 5.82 Å². The maximum absolute atomic E-state index is 12.0. The Balaban J connectivity index is 1.14. The lowest BCUT2D eigenvalue weighted by molar-refractivity contribution is -0.127. The SMILES string of the molecule is CC(C)(C)N1CCC(n2cc(Nc3ncc(C4CC4)c(NCCCNC(=O)C4CCC4)n3)cn2)CC1. The maximum atomic E-state index is 12.0. The monoisotopic (exact) mass is 494 g/mol. The molecule has 0 atom stereocenters. The Morgan fingerprint density at radius 2 is 1.83 bits per heavy atom. The minimum atomic E-state index is 0.216. The van der Waals surface area contributed by atoms with E-state index in [4.69, 9.17) is 4.98 Å². The zero-order valence-corrected chi connectivity index (χ0v) is 22.1. The first-order chi connectivity index (χ1) is 17.4. The van der Waals surface area contributed by atoms with Gasteiger partial charge in [-0.1, -0.05) is 6.42 Å². The normalized spacial score (nSPS) is 19.6. The maximum Gasteiger partial charge on any atom is 0.229 e. The molecule has 36 heavy (non-hydrogen) atoms. The average molecular weight is 495 g/mol. The van der Waals surface area contributed by atoms with Crippen LogP contribution in [0.4, 0.5) is 17.5 Å². The van der Waals surface area contributed by atoms with Gasteiger partial charge in [0, 0.05) is 55.6 Å². The summed E-state index contributed by atoms with van der Waals surface area (Å²) >= 11 is 0. The molecule has 1 amide bonds. The van der Waals surface area contributed by atoms with Gasteiger partial charge in [0.2, 0.25) is 11.9 Å². The fourth-order valence-corrected chi connectivity index (χ4v) is 5.14. The highest BCUT2D eigenvalue weighted by atomic mass is 16.1. The van der Waals surface area contributed by atoms with Crippen molar-refractivity contribution in [2.45, 2.75) is 89.6 Å². The van der Waals surface area contributed by atoms with Crippen LogP contribution in [0, 0.1) is 5.92 Å². The van der Waals surface area contributed by atoms with Crippen molar-refractivity contribution in [2.24, 2.45) is 5.92 Å². The van der Waals surface area contributed by atoms with E-state index in [2.05, 4.69) is 62.6 Å². The fourth-order valence-electron chi connectivity index (χ4n) is 5.14. The number of carbonyl (C=O) groups excluding carboxylic acids is 1. The molecule has 3 heterocycles. The molecule has 2 aromatic heterocycles. The van der Waals surface area contributed by atoms with Gasteiger partial charge in [0.15, 0.2) is 0 Å². The first-order valence-electron chi connectivity index (χ1n) is 13.8. The van der Waals surface area contributed by atoms with Crippen LogP contribution >= 0.6 is 0 Å². The molecule has 2 aromatic rings. The van der Waals surface area contributed by atoms with Crippen LogP contribution in [-0.2, 0) is 4.79 Å². The van der Waals surface area contributed by atoms with Crippen LogP contribution in [0.5, 0.6) is 0 Å². The van der Waals surface area contributed by atoms with E-state index in [1.165, 1.54) is 24.8 Å². The van der Waals surface area contributed by atoms with Gasteiger partial charge < -0.3 is 16.0 Å². The average Bonchev–Trinajstić information content (AvgIpc) is 3.55. The third-order valence-electron chi connectivity index (χ3n) is 7.90. The fraction of sp³-hybridized carbons (Fsp3) is 0.704. The lowest BCUT2D eigenvalue weighted by Crippen LogP contribution is -2.46. The van der Waals surface area contributed by atoms with Gasteiger partial charge in [-0.15, -0.1) is 0 Å². The number of anilines is 3. The quantitative estimate of drug-likeness (QED) is 0.420. The van der Waals surface area contributed by atoms with Crippen LogP contribution < -0.4 is 16.0 Å². The van der Waals surface area contributed by atoms with E-state index in [9.17, 15) is 4.79 Å². The topological polar surface area (TPSA) is 100 Å². The molecule has 3 aliphatic rings. The van der Waals surface area contributed by atoms with E-state index in [1.54, 1.807) is 0 Å². The molecule has 196 valence electrons. The second kappa shape index (κ2) is 10.7. The highest BCUT2D eigenvalue weighted by Crippen LogP contribution is 2.42.